The van der Waals surface area contributed by atoms with Gasteiger partial charge < -0.3 is 14.6 Å². The molecule has 1 heterocycles. The molecule has 0 amide bonds. The van der Waals surface area contributed by atoms with E-state index in [2.05, 4.69) is 4.74 Å². The van der Waals surface area contributed by atoms with Crippen LogP contribution in [0.4, 0.5) is 13.2 Å². The van der Waals surface area contributed by atoms with Gasteiger partial charge in [-0.1, -0.05) is 0 Å². The van der Waals surface area contributed by atoms with E-state index >= 15 is 0 Å². The van der Waals surface area contributed by atoms with Crippen molar-refractivity contribution in [1.29, 1.82) is 0 Å². The van der Waals surface area contributed by atoms with Crippen molar-refractivity contribution < 1.29 is 32.5 Å². The zero-order chi connectivity index (χ0) is 13.6. The van der Waals surface area contributed by atoms with Crippen LogP contribution >= 0.6 is 0 Å². The number of carboxylic acids is 1. The normalized spacial score (nSPS) is 19.7. The Morgan fingerprint density at radius 3 is 2.44 bits per heavy atom. The van der Waals surface area contributed by atoms with Gasteiger partial charge in [0.2, 0.25) is 0 Å². The van der Waals surface area contributed by atoms with E-state index in [9.17, 15) is 23.1 Å². The van der Waals surface area contributed by atoms with Crippen molar-refractivity contribution in [2.24, 2.45) is 5.41 Å². The number of carboxylic acid groups (broad SMARTS) is 1. The molecule has 18 heavy (non-hydrogen) atoms. The van der Waals surface area contributed by atoms with E-state index in [1.807, 2.05) is 0 Å². The number of carbonyl (C=O) groups is 1. The molecule has 0 radical (unpaired) electrons. The monoisotopic (exact) mass is 270 g/mol. The number of rotatable bonds is 6. The van der Waals surface area contributed by atoms with Crippen LogP contribution in [0.15, 0.2) is 0 Å². The van der Waals surface area contributed by atoms with Gasteiger partial charge in [-0.25, -0.2) is 0 Å². The van der Waals surface area contributed by atoms with Gasteiger partial charge in [0, 0.05) is 19.8 Å². The van der Waals surface area contributed by atoms with Gasteiger partial charge >= 0.3 is 12.1 Å². The molecule has 0 unspecified atom stereocenters. The van der Waals surface area contributed by atoms with E-state index in [1.165, 1.54) is 0 Å². The third-order valence-electron chi connectivity index (χ3n) is 3.11. The summed E-state index contributed by atoms with van der Waals surface area (Å²) in [5, 5.41) is 9.20. The smallest absolute Gasteiger partial charge is 0.411 e. The summed E-state index contributed by atoms with van der Waals surface area (Å²) in [5.74, 6) is -0.901. The summed E-state index contributed by atoms with van der Waals surface area (Å²) in [4.78, 5) is 11.2. The first-order valence-corrected chi connectivity index (χ1v) is 5.81. The molecule has 7 heteroatoms. The van der Waals surface area contributed by atoms with E-state index in [1.54, 1.807) is 0 Å². The molecule has 0 bridgehead atoms. The number of halogens is 3. The molecular weight excluding hydrogens is 253 g/mol. The molecule has 1 aliphatic rings. The molecule has 0 aliphatic carbocycles. The fraction of sp³-hybridized carbons (Fsp3) is 0.909. The third-order valence-corrected chi connectivity index (χ3v) is 3.11. The molecule has 1 rings (SSSR count). The molecule has 1 aliphatic heterocycles. The van der Waals surface area contributed by atoms with E-state index in [-0.39, 0.29) is 6.61 Å². The standard InChI is InChI=1S/C11H17F3O4/c12-11(13,14)8-18-5-1-2-10(9(15)16)3-6-17-7-4-10/h1-8H2,(H,15,16). The first kappa shape index (κ1) is 15.2. The zero-order valence-electron chi connectivity index (χ0n) is 9.96. The number of hydrogen-bond acceptors (Lipinski definition) is 3. The van der Waals surface area contributed by atoms with Gasteiger partial charge in [-0.05, 0) is 25.7 Å². The van der Waals surface area contributed by atoms with Gasteiger partial charge in [0.15, 0.2) is 0 Å². The molecule has 0 saturated carbocycles. The predicted molar refractivity (Wildman–Crippen MR) is 56.2 cm³/mol. The topological polar surface area (TPSA) is 55.8 Å². The lowest BCUT2D eigenvalue weighted by Gasteiger charge is -2.33. The number of ether oxygens (including phenoxy) is 2. The molecular formula is C11H17F3O4. The van der Waals surface area contributed by atoms with Crippen LogP contribution in [0, 0.1) is 5.41 Å². The second-order valence-corrected chi connectivity index (χ2v) is 4.47. The molecule has 0 aromatic carbocycles. The maximum Gasteiger partial charge on any atom is 0.411 e. The highest BCUT2D eigenvalue weighted by atomic mass is 19.4. The van der Waals surface area contributed by atoms with Crippen molar-refractivity contribution in [3.63, 3.8) is 0 Å². The number of alkyl halides is 3. The minimum Gasteiger partial charge on any atom is -0.481 e. The quantitative estimate of drug-likeness (QED) is 0.752. The summed E-state index contributed by atoms with van der Waals surface area (Å²) in [6.45, 7) is -0.586. The molecule has 0 spiro atoms. The largest absolute Gasteiger partial charge is 0.481 e. The highest BCUT2D eigenvalue weighted by Crippen LogP contribution is 2.35. The van der Waals surface area contributed by atoms with Gasteiger partial charge in [-0.2, -0.15) is 13.2 Å². The van der Waals surface area contributed by atoms with Crippen molar-refractivity contribution in [2.45, 2.75) is 31.9 Å². The summed E-state index contributed by atoms with van der Waals surface area (Å²) in [7, 11) is 0. The first-order valence-electron chi connectivity index (χ1n) is 5.81. The zero-order valence-corrected chi connectivity index (χ0v) is 9.96. The minimum absolute atomic E-state index is 0.0740. The van der Waals surface area contributed by atoms with Crippen LogP contribution in [0.25, 0.3) is 0 Å². The van der Waals surface area contributed by atoms with Crippen LogP contribution in [0.3, 0.4) is 0 Å². The third kappa shape index (κ3) is 4.81. The Morgan fingerprint density at radius 2 is 1.94 bits per heavy atom. The van der Waals surface area contributed by atoms with Crippen molar-refractivity contribution in [3.8, 4) is 0 Å². The molecule has 1 N–H and O–H groups in total. The lowest BCUT2D eigenvalue weighted by Crippen LogP contribution is -2.37. The molecule has 1 saturated heterocycles. The summed E-state index contributed by atoms with van der Waals surface area (Å²) in [6.07, 6.45) is -2.89. The van der Waals surface area contributed by atoms with E-state index in [0.717, 1.165) is 0 Å². The fourth-order valence-corrected chi connectivity index (χ4v) is 2.03. The Kier molecular flexibility index (Phi) is 5.40. The van der Waals surface area contributed by atoms with Crippen molar-refractivity contribution in [3.05, 3.63) is 0 Å². The Hall–Kier alpha value is -0.820. The van der Waals surface area contributed by atoms with Crippen LogP contribution in [0.1, 0.15) is 25.7 Å². The summed E-state index contributed by atoms with van der Waals surface area (Å²) < 4.78 is 45.0. The SMILES string of the molecule is O=C(O)C1(CCCOCC(F)(F)F)CCOCC1. The fourth-order valence-electron chi connectivity index (χ4n) is 2.03. The van der Waals surface area contributed by atoms with Crippen LogP contribution in [-0.2, 0) is 14.3 Å². The lowest BCUT2D eigenvalue weighted by molar-refractivity contribution is -0.175. The average Bonchev–Trinajstić information content (AvgIpc) is 2.28. The first-order chi connectivity index (χ1) is 8.36. The van der Waals surface area contributed by atoms with Gasteiger partial charge in [-0.15, -0.1) is 0 Å². The Balaban J connectivity index is 2.28. The van der Waals surface area contributed by atoms with Crippen molar-refractivity contribution in [1.82, 2.24) is 0 Å². The molecule has 1 fully saturated rings. The van der Waals surface area contributed by atoms with Crippen LogP contribution in [-0.4, -0.2) is 43.7 Å². The number of aliphatic carboxylic acids is 1. The highest BCUT2D eigenvalue weighted by Gasteiger charge is 2.39. The molecule has 0 aromatic rings. The molecule has 0 aromatic heterocycles. The van der Waals surface area contributed by atoms with Gasteiger partial charge in [0.1, 0.15) is 6.61 Å². The maximum absolute atomic E-state index is 11.8. The number of hydrogen-bond donors (Lipinski definition) is 1. The molecule has 4 nitrogen and oxygen atoms in total. The second kappa shape index (κ2) is 6.38. The Labute approximate surface area is 103 Å². The summed E-state index contributed by atoms with van der Waals surface area (Å²) >= 11 is 0. The van der Waals surface area contributed by atoms with Crippen molar-refractivity contribution >= 4 is 5.97 Å². The van der Waals surface area contributed by atoms with Gasteiger partial charge in [-0.3, -0.25) is 4.79 Å². The second-order valence-electron chi connectivity index (χ2n) is 4.47. The van der Waals surface area contributed by atoms with Crippen LogP contribution in [0.5, 0.6) is 0 Å². The van der Waals surface area contributed by atoms with Gasteiger partial charge in [0.05, 0.1) is 5.41 Å². The van der Waals surface area contributed by atoms with E-state index in [4.69, 9.17) is 4.74 Å². The minimum atomic E-state index is -4.33. The maximum atomic E-state index is 11.8. The average molecular weight is 270 g/mol. The van der Waals surface area contributed by atoms with E-state index in [0.29, 0.717) is 38.9 Å². The Morgan fingerprint density at radius 1 is 1.33 bits per heavy atom. The predicted octanol–water partition coefficient (Wildman–Crippen LogP) is 2.23. The van der Waals surface area contributed by atoms with Crippen LogP contribution < -0.4 is 0 Å². The lowest BCUT2D eigenvalue weighted by atomic mass is 9.76. The molecule has 106 valence electrons. The summed E-state index contributed by atoms with van der Waals surface area (Å²) in [5.41, 5.74) is -0.861. The summed E-state index contributed by atoms with van der Waals surface area (Å²) in [6, 6.07) is 0. The van der Waals surface area contributed by atoms with Crippen molar-refractivity contribution in [2.75, 3.05) is 26.4 Å². The van der Waals surface area contributed by atoms with E-state index < -0.39 is 24.2 Å². The van der Waals surface area contributed by atoms with Crippen LogP contribution in [0.2, 0.25) is 0 Å². The highest BCUT2D eigenvalue weighted by molar-refractivity contribution is 5.74. The van der Waals surface area contributed by atoms with Gasteiger partial charge in [0.25, 0.3) is 0 Å². The Bertz CT molecular complexity index is 272. The molecule has 0 atom stereocenters.